The zero-order valence-corrected chi connectivity index (χ0v) is 11.8. The van der Waals surface area contributed by atoms with Crippen molar-refractivity contribution < 1.29 is 4.92 Å². The monoisotopic (exact) mass is 275 g/mol. The smallest absolute Gasteiger partial charge is 0.269 e. The molecule has 1 aromatic carbocycles. The minimum atomic E-state index is -0.363. The quantitative estimate of drug-likeness (QED) is 0.678. The molecule has 3 rings (SSSR count). The molecule has 5 heteroatoms. The van der Waals surface area contributed by atoms with Crippen LogP contribution >= 0.6 is 0 Å². The second-order valence-electron chi connectivity index (χ2n) is 6.07. The van der Waals surface area contributed by atoms with E-state index in [9.17, 15) is 10.1 Å². The highest BCUT2D eigenvalue weighted by Crippen LogP contribution is 2.37. The van der Waals surface area contributed by atoms with Crippen LogP contribution in [0, 0.1) is 16.0 Å². The molecule has 20 heavy (non-hydrogen) atoms. The molecular formula is C15H21N3O2. The van der Waals surface area contributed by atoms with Crippen LogP contribution in [-0.2, 0) is 0 Å². The van der Waals surface area contributed by atoms with Gasteiger partial charge in [0, 0.05) is 36.4 Å². The molecule has 2 aliphatic rings. The maximum atomic E-state index is 10.6. The summed E-state index contributed by atoms with van der Waals surface area (Å²) in [7, 11) is 2.25. The normalized spacial score (nSPS) is 29.4. The molecule has 2 bridgehead atoms. The van der Waals surface area contributed by atoms with Gasteiger partial charge in [0.1, 0.15) is 0 Å². The number of anilines is 1. The molecule has 2 fully saturated rings. The van der Waals surface area contributed by atoms with Crippen molar-refractivity contribution in [2.24, 2.45) is 5.92 Å². The SMILES string of the molecule is CN1C2CCC1CC(CNc1ccc([N+](=O)[O-])cc1)C2. The molecule has 108 valence electrons. The van der Waals surface area contributed by atoms with Gasteiger partial charge in [0.05, 0.1) is 4.92 Å². The number of hydrogen-bond acceptors (Lipinski definition) is 4. The molecule has 2 unspecified atom stereocenters. The van der Waals surface area contributed by atoms with Crippen molar-refractivity contribution in [1.82, 2.24) is 4.90 Å². The van der Waals surface area contributed by atoms with Gasteiger partial charge in [0.15, 0.2) is 0 Å². The third-order valence-electron chi connectivity index (χ3n) is 4.87. The predicted octanol–water partition coefficient (Wildman–Crippen LogP) is 2.88. The highest BCUT2D eigenvalue weighted by atomic mass is 16.6. The molecule has 5 nitrogen and oxygen atoms in total. The Labute approximate surface area is 119 Å². The molecule has 0 amide bonds. The van der Waals surface area contributed by atoms with Crippen LogP contribution in [0.3, 0.4) is 0 Å². The number of rotatable bonds is 4. The molecule has 0 aliphatic carbocycles. The zero-order chi connectivity index (χ0) is 14.1. The number of nitro benzene ring substituents is 1. The van der Waals surface area contributed by atoms with Crippen LogP contribution in [-0.4, -0.2) is 35.5 Å². The van der Waals surface area contributed by atoms with E-state index in [1.165, 1.54) is 25.7 Å². The van der Waals surface area contributed by atoms with E-state index in [-0.39, 0.29) is 10.6 Å². The fourth-order valence-electron chi connectivity index (χ4n) is 3.65. The Balaban J connectivity index is 1.54. The van der Waals surface area contributed by atoms with E-state index in [1.807, 2.05) is 0 Å². The van der Waals surface area contributed by atoms with E-state index >= 15 is 0 Å². The molecule has 0 spiro atoms. The van der Waals surface area contributed by atoms with Crippen molar-refractivity contribution in [1.29, 1.82) is 0 Å². The molecule has 2 atom stereocenters. The van der Waals surface area contributed by atoms with Crippen molar-refractivity contribution in [3.63, 3.8) is 0 Å². The van der Waals surface area contributed by atoms with Gasteiger partial charge in [-0.3, -0.25) is 10.1 Å². The topological polar surface area (TPSA) is 58.4 Å². The van der Waals surface area contributed by atoms with Crippen LogP contribution in [0.5, 0.6) is 0 Å². The highest BCUT2D eigenvalue weighted by Gasteiger charge is 2.37. The first-order valence-corrected chi connectivity index (χ1v) is 7.34. The highest BCUT2D eigenvalue weighted by molar-refractivity contribution is 5.48. The molecule has 2 aliphatic heterocycles. The van der Waals surface area contributed by atoms with E-state index < -0.39 is 0 Å². The summed E-state index contributed by atoms with van der Waals surface area (Å²) >= 11 is 0. The van der Waals surface area contributed by atoms with Crippen LogP contribution in [0.2, 0.25) is 0 Å². The number of fused-ring (bicyclic) bond motifs is 2. The summed E-state index contributed by atoms with van der Waals surface area (Å²) in [5, 5.41) is 14.0. The van der Waals surface area contributed by atoms with E-state index in [4.69, 9.17) is 0 Å². The summed E-state index contributed by atoms with van der Waals surface area (Å²) in [6, 6.07) is 8.22. The van der Waals surface area contributed by atoms with Gasteiger partial charge in [-0.25, -0.2) is 0 Å². The first-order valence-electron chi connectivity index (χ1n) is 7.34. The molecule has 0 radical (unpaired) electrons. The lowest BCUT2D eigenvalue weighted by molar-refractivity contribution is -0.384. The Hall–Kier alpha value is -1.62. The summed E-state index contributed by atoms with van der Waals surface area (Å²) in [4.78, 5) is 12.8. The number of nitro groups is 1. The minimum absolute atomic E-state index is 0.146. The van der Waals surface area contributed by atoms with Crippen molar-refractivity contribution in [3.05, 3.63) is 34.4 Å². The standard InChI is InChI=1S/C15H21N3O2/c1-17-14-6-7-15(17)9-11(8-14)10-16-12-2-4-13(5-3-12)18(19)20/h2-5,11,14-16H,6-10H2,1H3. The van der Waals surface area contributed by atoms with E-state index in [1.54, 1.807) is 24.3 Å². The van der Waals surface area contributed by atoms with Gasteiger partial charge in [-0.2, -0.15) is 0 Å². The van der Waals surface area contributed by atoms with Gasteiger partial charge >= 0.3 is 0 Å². The fraction of sp³-hybridized carbons (Fsp3) is 0.600. The van der Waals surface area contributed by atoms with Crippen LogP contribution < -0.4 is 5.32 Å². The van der Waals surface area contributed by atoms with Gasteiger partial charge in [-0.05, 0) is 50.8 Å². The summed E-state index contributed by atoms with van der Waals surface area (Å²) in [6.07, 6.45) is 5.23. The molecule has 2 saturated heterocycles. The van der Waals surface area contributed by atoms with Gasteiger partial charge in [-0.15, -0.1) is 0 Å². The molecule has 1 N–H and O–H groups in total. The number of piperidine rings is 1. The van der Waals surface area contributed by atoms with E-state index in [2.05, 4.69) is 17.3 Å². The minimum Gasteiger partial charge on any atom is -0.385 e. The maximum absolute atomic E-state index is 10.6. The molecular weight excluding hydrogens is 254 g/mol. The van der Waals surface area contributed by atoms with Gasteiger partial charge in [-0.1, -0.05) is 0 Å². The van der Waals surface area contributed by atoms with Gasteiger partial charge < -0.3 is 10.2 Å². The van der Waals surface area contributed by atoms with E-state index in [0.29, 0.717) is 0 Å². The predicted molar refractivity (Wildman–Crippen MR) is 78.9 cm³/mol. The largest absolute Gasteiger partial charge is 0.385 e. The fourth-order valence-corrected chi connectivity index (χ4v) is 3.65. The van der Waals surface area contributed by atoms with Crippen LogP contribution in [0.15, 0.2) is 24.3 Å². The Bertz CT molecular complexity index is 474. The summed E-state index contributed by atoms with van der Waals surface area (Å²) in [6.45, 7) is 0.971. The Morgan fingerprint density at radius 3 is 2.40 bits per heavy atom. The molecule has 0 saturated carbocycles. The zero-order valence-electron chi connectivity index (χ0n) is 11.8. The second-order valence-corrected chi connectivity index (χ2v) is 6.07. The molecule has 1 aromatic rings. The lowest BCUT2D eigenvalue weighted by Crippen LogP contribution is -2.41. The van der Waals surface area contributed by atoms with Crippen LogP contribution in [0.25, 0.3) is 0 Å². The average Bonchev–Trinajstić information content (AvgIpc) is 2.66. The first kappa shape index (κ1) is 13.4. The Morgan fingerprint density at radius 2 is 1.85 bits per heavy atom. The van der Waals surface area contributed by atoms with Crippen molar-refractivity contribution in [2.75, 3.05) is 18.9 Å². The number of benzene rings is 1. The number of hydrogen-bond donors (Lipinski definition) is 1. The van der Waals surface area contributed by atoms with Crippen LogP contribution in [0.1, 0.15) is 25.7 Å². The summed E-state index contributed by atoms with van der Waals surface area (Å²) in [5.41, 5.74) is 1.12. The molecule has 2 heterocycles. The van der Waals surface area contributed by atoms with Crippen molar-refractivity contribution in [3.8, 4) is 0 Å². The van der Waals surface area contributed by atoms with Crippen molar-refractivity contribution in [2.45, 2.75) is 37.8 Å². The average molecular weight is 275 g/mol. The third kappa shape index (κ3) is 2.63. The van der Waals surface area contributed by atoms with Gasteiger partial charge in [0.25, 0.3) is 5.69 Å². The summed E-state index contributed by atoms with van der Waals surface area (Å²) in [5.74, 6) is 0.721. The van der Waals surface area contributed by atoms with Crippen LogP contribution in [0.4, 0.5) is 11.4 Å². The Kier molecular flexibility index (Phi) is 3.61. The lowest BCUT2D eigenvalue weighted by Gasteiger charge is -2.36. The molecule has 0 aromatic heterocycles. The van der Waals surface area contributed by atoms with Gasteiger partial charge in [0.2, 0.25) is 0 Å². The van der Waals surface area contributed by atoms with Crippen molar-refractivity contribution >= 4 is 11.4 Å². The third-order valence-corrected chi connectivity index (χ3v) is 4.87. The number of nitrogens with zero attached hydrogens (tertiary/aromatic N) is 2. The van der Waals surface area contributed by atoms with E-state index in [0.717, 1.165) is 30.2 Å². The lowest BCUT2D eigenvalue weighted by atomic mass is 9.91. The second kappa shape index (κ2) is 5.40. The maximum Gasteiger partial charge on any atom is 0.269 e. The Morgan fingerprint density at radius 1 is 1.25 bits per heavy atom. The summed E-state index contributed by atoms with van der Waals surface area (Å²) < 4.78 is 0. The number of nitrogens with one attached hydrogen (secondary N) is 1. The first-order chi connectivity index (χ1) is 9.63. The number of non-ortho nitro benzene ring substituents is 1.